The number of rotatable bonds is 8. The molecule has 13 heteroatoms. The average molecular weight is 542 g/mol. The number of methoxy groups -OCH3 is 1. The molecule has 4 aromatic rings. The lowest BCUT2D eigenvalue weighted by Gasteiger charge is -2.24. The van der Waals surface area contributed by atoms with Crippen LogP contribution >= 0.6 is 0 Å². The molecule has 0 saturated heterocycles. The molecule has 9 nitrogen and oxygen atoms in total. The van der Waals surface area contributed by atoms with Crippen molar-refractivity contribution in [1.29, 1.82) is 0 Å². The molecule has 5 rings (SSSR count). The number of hydrogen-bond acceptors (Lipinski definition) is 7. The number of aromatic nitrogens is 4. The quantitative estimate of drug-likeness (QED) is 0.216. The third-order valence-corrected chi connectivity index (χ3v) is 6.27. The first kappa shape index (κ1) is 26.1. The highest BCUT2D eigenvalue weighted by Gasteiger charge is 2.44. The van der Waals surface area contributed by atoms with Crippen LogP contribution in [0, 0.1) is 0 Å². The topological polar surface area (TPSA) is 119 Å². The van der Waals surface area contributed by atoms with E-state index in [0.717, 1.165) is 0 Å². The summed E-state index contributed by atoms with van der Waals surface area (Å²) in [5.41, 5.74) is 8.69. The van der Waals surface area contributed by atoms with Crippen molar-refractivity contribution in [1.82, 2.24) is 25.1 Å². The summed E-state index contributed by atoms with van der Waals surface area (Å²) in [4.78, 5) is 15.7. The van der Waals surface area contributed by atoms with Crippen molar-refractivity contribution in [2.75, 3.05) is 18.2 Å². The molecular weight excluding hydrogens is 518 g/mol. The van der Waals surface area contributed by atoms with Crippen LogP contribution in [-0.2, 0) is 4.79 Å². The van der Waals surface area contributed by atoms with E-state index < -0.39 is 24.0 Å². The molecule has 0 bridgehead atoms. The zero-order valence-corrected chi connectivity index (χ0v) is 20.6. The van der Waals surface area contributed by atoms with Gasteiger partial charge in [0.05, 0.1) is 7.11 Å². The Hall–Kier alpha value is -4.52. The summed E-state index contributed by atoms with van der Waals surface area (Å²) in [6.45, 7) is 2.96. The van der Waals surface area contributed by atoms with E-state index in [4.69, 9.17) is 10.5 Å². The van der Waals surface area contributed by atoms with Crippen molar-refractivity contribution in [3.05, 3.63) is 66.8 Å². The number of amides is 1. The molecule has 0 spiro atoms. The predicted molar refractivity (Wildman–Crippen MR) is 136 cm³/mol. The Bertz CT molecular complexity index is 1560. The van der Waals surface area contributed by atoms with Gasteiger partial charge in [-0.25, -0.2) is 9.37 Å². The number of anilines is 2. The van der Waals surface area contributed by atoms with Crippen LogP contribution in [0.25, 0.3) is 27.9 Å². The van der Waals surface area contributed by atoms with E-state index in [9.17, 15) is 22.4 Å². The van der Waals surface area contributed by atoms with Crippen LogP contribution in [0.3, 0.4) is 0 Å². The summed E-state index contributed by atoms with van der Waals surface area (Å²) in [7, 11) is 1.31. The maximum Gasteiger partial charge on any atom is 0.408 e. The predicted octanol–water partition coefficient (Wildman–Crippen LogP) is 4.83. The highest BCUT2D eigenvalue weighted by molar-refractivity contribution is 6.02. The third kappa shape index (κ3) is 5.25. The van der Waals surface area contributed by atoms with Crippen LogP contribution in [0.5, 0.6) is 5.75 Å². The number of alkyl halides is 3. The van der Waals surface area contributed by atoms with E-state index in [-0.39, 0.29) is 23.2 Å². The summed E-state index contributed by atoms with van der Waals surface area (Å²) in [6, 6.07) is 8.68. The minimum atomic E-state index is -4.53. The summed E-state index contributed by atoms with van der Waals surface area (Å²) in [5.74, 6) is -1.96. The molecular formula is C26H23F4N7O2. The smallest absolute Gasteiger partial charge is 0.408 e. The molecule has 2 aromatic carbocycles. The van der Waals surface area contributed by atoms with Crippen LogP contribution in [-0.4, -0.2) is 45.0 Å². The molecule has 0 aliphatic heterocycles. The van der Waals surface area contributed by atoms with Crippen molar-refractivity contribution < 1.29 is 27.1 Å². The number of halogens is 4. The number of carbonyl (C=O) groups is 1. The summed E-state index contributed by atoms with van der Waals surface area (Å²) in [5, 5.41) is 13.7. The van der Waals surface area contributed by atoms with Gasteiger partial charge in [0.15, 0.2) is 11.6 Å². The zero-order chi connectivity index (χ0) is 27.9. The van der Waals surface area contributed by atoms with Crippen molar-refractivity contribution >= 4 is 22.9 Å². The highest BCUT2D eigenvalue weighted by atomic mass is 19.4. The molecule has 1 aliphatic rings. The highest BCUT2D eigenvalue weighted by Crippen LogP contribution is 2.43. The van der Waals surface area contributed by atoms with E-state index >= 15 is 0 Å². The Labute approximate surface area is 219 Å². The van der Waals surface area contributed by atoms with Gasteiger partial charge in [-0.15, -0.1) is 14.8 Å². The Balaban J connectivity index is 1.62. The second-order valence-corrected chi connectivity index (χ2v) is 9.02. The maximum absolute atomic E-state index is 14.0. The number of benzene rings is 2. The average Bonchev–Trinajstić information content (AvgIpc) is 3.64. The number of nitrogens with two attached hydrogens (primary N) is 1. The van der Waals surface area contributed by atoms with E-state index in [2.05, 4.69) is 32.4 Å². The molecule has 1 saturated carbocycles. The largest absolute Gasteiger partial charge is 0.496 e. The second-order valence-electron chi connectivity index (χ2n) is 9.02. The molecule has 4 N–H and O–H groups in total. The molecule has 1 aliphatic carbocycles. The molecule has 1 fully saturated rings. The summed E-state index contributed by atoms with van der Waals surface area (Å²) >= 11 is 0. The first-order valence-corrected chi connectivity index (χ1v) is 11.8. The van der Waals surface area contributed by atoms with Gasteiger partial charge in [0.2, 0.25) is 0 Å². The van der Waals surface area contributed by atoms with Crippen molar-refractivity contribution in [3.8, 4) is 28.1 Å². The van der Waals surface area contributed by atoms with Crippen molar-refractivity contribution in [2.45, 2.75) is 31.1 Å². The summed E-state index contributed by atoms with van der Waals surface area (Å²) < 4.78 is 61.7. The van der Waals surface area contributed by atoms with E-state index in [1.807, 2.05) is 0 Å². The van der Waals surface area contributed by atoms with Gasteiger partial charge in [-0.05, 0) is 36.6 Å². The fraction of sp³-hybridized carbons (Fsp3) is 0.231. The molecule has 39 heavy (non-hydrogen) atoms. The van der Waals surface area contributed by atoms with Crippen molar-refractivity contribution in [2.24, 2.45) is 0 Å². The number of fused-ring (bicyclic) bond motifs is 1. The minimum Gasteiger partial charge on any atom is -0.496 e. The Morgan fingerprint density at radius 1 is 1.18 bits per heavy atom. The monoisotopic (exact) mass is 541 g/mol. The number of nitrogens with zero attached hydrogens (tertiary/aromatic N) is 4. The van der Waals surface area contributed by atoms with Gasteiger partial charge in [-0.3, -0.25) is 10.1 Å². The van der Waals surface area contributed by atoms with Crippen LogP contribution < -0.4 is 21.1 Å². The van der Waals surface area contributed by atoms with E-state index in [0.29, 0.717) is 46.4 Å². The normalized spacial score (nSPS) is 14.3. The standard InChI is InChI=1S/C26H23F4N7O2/c1-13(27)25(38)35-17-6-3-14(4-7-17)21-20(22-24(31)32-12-33-37(22)36-21)15-5-10-18(19(11-15)39-2)23(26(28,29)30)34-16-8-9-16/h3-7,10-12,16,23,34H,1,8-9H2,2H3,(H,35,38)(H2,31,32,33). The molecule has 202 valence electrons. The number of ether oxygens (including phenoxy) is 1. The fourth-order valence-electron chi connectivity index (χ4n) is 4.26. The first-order chi connectivity index (χ1) is 18.6. The minimum absolute atomic E-state index is 0.0354. The number of nitrogen functional groups attached to an aromatic ring is 1. The van der Waals surface area contributed by atoms with Gasteiger partial charge < -0.3 is 15.8 Å². The fourth-order valence-corrected chi connectivity index (χ4v) is 4.26. The van der Waals surface area contributed by atoms with E-state index in [1.54, 1.807) is 30.3 Å². The third-order valence-electron chi connectivity index (χ3n) is 6.27. The Morgan fingerprint density at radius 3 is 2.49 bits per heavy atom. The molecule has 1 atom stereocenters. The summed E-state index contributed by atoms with van der Waals surface area (Å²) in [6.07, 6.45) is -1.94. The lowest BCUT2D eigenvalue weighted by Crippen LogP contribution is -2.35. The van der Waals surface area contributed by atoms with Gasteiger partial charge in [0.1, 0.15) is 29.3 Å². The van der Waals surface area contributed by atoms with Crippen LogP contribution in [0.15, 0.2) is 61.2 Å². The molecule has 2 aromatic heterocycles. The SMILES string of the molecule is C=C(F)C(=O)Nc1ccc(-c2nn3ncnc(N)c3c2-c2ccc(C(NC3CC3)C(F)(F)F)c(OC)c2)cc1. The molecule has 0 radical (unpaired) electrons. The van der Waals surface area contributed by atoms with Gasteiger partial charge in [0.25, 0.3) is 5.91 Å². The second kappa shape index (κ2) is 9.98. The van der Waals surface area contributed by atoms with Gasteiger partial charge in [-0.1, -0.05) is 30.8 Å². The van der Waals surface area contributed by atoms with E-state index in [1.165, 1.54) is 30.2 Å². The van der Waals surface area contributed by atoms with Crippen LogP contribution in [0.1, 0.15) is 24.4 Å². The molecule has 2 heterocycles. The molecule has 1 amide bonds. The van der Waals surface area contributed by atoms with Gasteiger partial charge >= 0.3 is 6.18 Å². The van der Waals surface area contributed by atoms with Gasteiger partial charge in [0, 0.05) is 28.4 Å². The Kier molecular flexibility index (Phi) is 6.68. The van der Waals surface area contributed by atoms with Crippen LogP contribution in [0.4, 0.5) is 29.1 Å². The number of hydrogen-bond donors (Lipinski definition) is 3. The maximum atomic E-state index is 14.0. The Morgan fingerprint density at radius 2 is 1.87 bits per heavy atom. The molecule has 1 unspecified atom stereocenters. The lowest BCUT2D eigenvalue weighted by molar-refractivity contribution is -0.158. The number of nitrogens with one attached hydrogen (secondary N) is 2. The number of carbonyl (C=O) groups excluding carboxylic acids is 1. The zero-order valence-electron chi connectivity index (χ0n) is 20.6. The van der Waals surface area contributed by atoms with Gasteiger partial charge in [-0.2, -0.15) is 13.2 Å². The lowest BCUT2D eigenvalue weighted by atomic mass is 9.96. The van der Waals surface area contributed by atoms with Crippen molar-refractivity contribution in [3.63, 3.8) is 0 Å². The first-order valence-electron chi connectivity index (χ1n) is 11.8. The van der Waals surface area contributed by atoms with Crippen LogP contribution in [0.2, 0.25) is 0 Å².